The molecule has 0 amide bonds. The van der Waals surface area contributed by atoms with Crippen molar-refractivity contribution in [3.63, 3.8) is 0 Å². The molecule has 0 spiro atoms. The van der Waals surface area contributed by atoms with Crippen LogP contribution < -0.4 is 4.74 Å². The quantitative estimate of drug-likeness (QED) is 0.604. The van der Waals surface area contributed by atoms with Crippen LogP contribution in [0.15, 0.2) is 61.2 Å². The molecule has 0 radical (unpaired) electrons. The number of aromatic amines is 2. The van der Waals surface area contributed by atoms with Crippen molar-refractivity contribution in [1.82, 2.24) is 30.4 Å². The second-order valence-corrected chi connectivity index (χ2v) is 4.82. The van der Waals surface area contributed by atoms with Crippen LogP contribution >= 0.6 is 0 Å². The maximum absolute atomic E-state index is 5.83. The molecule has 0 fully saturated rings. The molecule has 4 rings (SSSR count). The van der Waals surface area contributed by atoms with Crippen LogP contribution in [0.5, 0.6) is 11.5 Å². The average molecular weight is 304 g/mol. The van der Waals surface area contributed by atoms with Crippen molar-refractivity contribution in [2.24, 2.45) is 0 Å². The summed E-state index contributed by atoms with van der Waals surface area (Å²) >= 11 is 0. The van der Waals surface area contributed by atoms with Gasteiger partial charge in [0.15, 0.2) is 11.6 Å². The third-order valence-corrected chi connectivity index (χ3v) is 3.32. The monoisotopic (exact) mass is 304 g/mol. The molecule has 2 aromatic heterocycles. The van der Waals surface area contributed by atoms with Gasteiger partial charge in [-0.3, -0.25) is 10.2 Å². The second-order valence-electron chi connectivity index (χ2n) is 4.82. The minimum absolute atomic E-state index is 0.730. The van der Waals surface area contributed by atoms with Gasteiger partial charge >= 0.3 is 0 Å². The highest BCUT2D eigenvalue weighted by Crippen LogP contribution is 2.25. The summed E-state index contributed by atoms with van der Waals surface area (Å²) in [5.41, 5.74) is 1.91. The van der Waals surface area contributed by atoms with Crippen molar-refractivity contribution in [2.45, 2.75) is 0 Å². The summed E-state index contributed by atoms with van der Waals surface area (Å²) in [6.45, 7) is 0. The Hall–Kier alpha value is -3.48. The Balaban J connectivity index is 1.49. The molecule has 0 aliphatic carbocycles. The van der Waals surface area contributed by atoms with E-state index in [4.69, 9.17) is 4.74 Å². The third kappa shape index (κ3) is 2.80. The maximum atomic E-state index is 5.83. The highest BCUT2D eigenvalue weighted by molar-refractivity contribution is 5.57. The Morgan fingerprint density at radius 2 is 1.04 bits per heavy atom. The molecule has 0 saturated carbocycles. The number of ether oxygens (including phenoxy) is 1. The Labute approximate surface area is 131 Å². The van der Waals surface area contributed by atoms with Crippen molar-refractivity contribution in [2.75, 3.05) is 0 Å². The molecule has 7 nitrogen and oxygen atoms in total. The van der Waals surface area contributed by atoms with E-state index in [1.54, 1.807) is 0 Å². The van der Waals surface area contributed by atoms with Crippen LogP contribution in [0.3, 0.4) is 0 Å². The maximum Gasteiger partial charge on any atom is 0.155 e. The zero-order chi connectivity index (χ0) is 15.5. The van der Waals surface area contributed by atoms with Gasteiger partial charge in [-0.25, -0.2) is 9.97 Å². The first-order chi connectivity index (χ1) is 11.4. The Morgan fingerprint density at radius 1 is 0.609 bits per heavy atom. The van der Waals surface area contributed by atoms with Gasteiger partial charge in [-0.1, -0.05) is 0 Å². The van der Waals surface area contributed by atoms with Crippen LogP contribution in [-0.2, 0) is 0 Å². The highest BCUT2D eigenvalue weighted by atomic mass is 16.5. The Morgan fingerprint density at radius 3 is 1.39 bits per heavy atom. The summed E-state index contributed by atoms with van der Waals surface area (Å²) in [4.78, 5) is 8.23. The van der Waals surface area contributed by atoms with E-state index in [0.29, 0.717) is 0 Å². The number of hydrogen-bond donors (Lipinski definition) is 2. The van der Waals surface area contributed by atoms with Gasteiger partial charge in [0, 0.05) is 11.1 Å². The molecule has 0 unspecified atom stereocenters. The van der Waals surface area contributed by atoms with Crippen molar-refractivity contribution in [3.8, 4) is 34.3 Å². The van der Waals surface area contributed by atoms with Gasteiger partial charge in [0.2, 0.25) is 0 Å². The first-order valence-electron chi connectivity index (χ1n) is 6.98. The molecule has 23 heavy (non-hydrogen) atoms. The predicted molar refractivity (Wildman–Crippen MR) is 83.7 cm³/mol. The van der Waals surface area contributed by atoms with E-state index in [2.05, 4.69) is 30.4 Å². The van der Waals surface area contributed by atoms with Gasteiger partial charge in [0.1, 0.15) is 24.2 Å². The third-order valence-electron chi connectivity index (χ3n) is 3.32. The van der Waals surface area contributed by atoms with Crippen LogP contribution in [0, 0.1) is 0 Å². The van der Waals surface area contributed by atoms with Crippen LogP contribution in [0.25, 0.3) is 22.8 Å². The molecule has 7 heteroatoms. The number of benzene rings is 2. The van der Waals surface area contributed by atoms with Crippen LogP contribution in [-0.4, -0.2) is 30.4 Å². The molecule has 2 aromatic carbocycles. The predicted octanol–water partition coefficient (Wildman–Crippen LogP) is 3.05. The SMILES string of the molecule is c1n[nH]c(-c2ccc(Oc3ccc(-c4ncn[nH]4)cc3)cc2)n1. The fourth-order valence-electron chi connectivity index (χ4n) is 2.19. The van der Waals surface area contributed by atoms with Gasteiger partial charge < -0.3 is 4.74 Å². The normalized spacial score (nSPS) is 10.6. The largest absolute Gasteiger partial charge is 0.457 e. The highest BCUT2D eigenvalue weighted by Gasteiger charge is 2.04. The lowest BCUT2D eigenvalue weighted by molar-refractivity contribution is 0.483. The average Bonchev–Trinajstić information content (AvgIpc) is 3.30. The van der Waals surface area contributed by atoms with Gasteiger partial charge in [-0.2, -0.15) is 10.2 Å². The summed E-state index contributed by atoms with van der Waals surface area (Å²) in [6, 6.07) is 15.3. The van der Waals surface area contributed by atoms with E-state index in [1.807, 2.05) is 48.5 Å². The lowest BCUT2D eigenvalue weighted by atomic mass is 10.2. The summed E-state index contributed by atoms with van der Waals surface area (Å²) < 4.78 is 5.83. The van der Waals surface area contributed by atoms with Gasteiger partial charge in [0.25, 0.3) is 0 Å². The number of hydrogen-bond acceptors (Lipinski definition) is 5. The molecule has 0 bridgehead atoms. The van der Waals surface area contributed by atoms with Crippen molar-refractivity contribution < 1.29 is 4.74 Å². The second kappa shape index (κ2) is 5.72. The van der Waals surface area contributed by atoms with Crippen LogP contribution in [0.4, 0.5) is 0 Å². The van der Waals surface area contributed by atoms with Crippen molar-refractivity contribution in [1.29, 1.82) is 0 Å². The minimum atomic E-state index is 0.730. The molecule has 2 N–H and O–H groups in total. The zero-order valence-corrected chi connectivity index (χ0v) is 12.0. The fraction of sp³-hybridized carbons (Fsp3) is 0. The van der Waals surface area contributed by atoms with E-state index >= 15 is 0 Å². The van der Waals surface area contributed by atoms with Crippen molar-refractivity contribution in [3.05, 3.63) is 61.2 Å². The molecule has 0 saturated heterocycles. The zero-order valence-electron chi connectivity index (χ0n) is 12.0. The number of rotatable bonds is 4. The van der Waals surface area contributed by atoms with Crippen LogP contribution in [0.2, 0.25) is 0 Å². The Kier molecular flexibility index (Phi) is 3.28. The topological polar surface area (TPSA) is 92.4 Å². The smallest absolute Gasteiger partial charge is 0.155 e. The first-order valence-corrected chi connectivity index (χ1v) is 6.98. The number of nitrogens with zero attached hydrogens (tertiary/aromatic N) is 4. The van der Waals surface area contributed by atoms with Gasteiger partial charge in [-0.05, 0) is 48.5 Å². The van der Waals surface area contributed by atoms with E-state index in [-0.39, 0.29) is 0 Å². The van der Waals surface area contributed by atoms with Gasteiger partial charge in [-0.15, -0.1) is 0 Å². The van der Waals surface area contributed by atoms with E-state index < -0.39 is 0 Å². The van der Waals surface area contributed by atoms with Crippen LogP contribution in [0.1, 0.15) is 0 Å². The summed E-state index contributed by atoms with van der Waals surface area (Å²) in [6.07, 6.45) is 2.96. The molecule has 0 aliphatic rings. The van der Waals surface area contributed by atoms with Crippen molar-refractivity contribution >= 4 is 0 Å². The molecule has 0 atom stereocenters. The Bertz CT molecular complexity index is 792. The van der Waals surface area contributed by atoms with E-state index in [0.717, 1.165) is 34.3 Å². The van der Waals surface area contributed by atoms with E-state index in [9.17, 15) is 0 Å². The minimum Gasteiger partial charge on any atom is -0.457 e. The summed E-state index contributed by atoms with van der Waals surface area (Å²) in [5, 5.41) is 13.3. The van der Waals surface area contributed by atoms with E-state index in [1.165, 1.54) is 12.7 Å². The number of nitrogens with one attached hydrogen (secondary N) is 2. The lowest BCUT2D eigenvalue weighted by Crippen LogP contribution is -1.86. The summed E-state index contributed by atoms with van der Waals surface area (Å²) in [5.74, 6) is 2.96. The fourth-order valence-corrected chi connectivity index (χ4v) is 2.19. The number of H-pyrrole nitrogens is 2. The summed E-state index contributed by atoms with van der Waals surface area (Å²) in [7, 11) is 0. The standard InChI is InChI=1S/C16H12N6O/c1-5-13(6-2-11(1)15-17-9-19-21-15)23-14-7-3-12(4-8-14)16-18-10-20-22-16/h1-10H,(H,17,19,21)(H,18,20,22). The number of aromatic nitrogens is 6. The molecular formula is C16H12N6O. The molecule has 2 heterocycles. The molecular weight excluding hydrogens is 292 g/mol. The molecule has 0 aliphatic heterocycles. The molecule has 4 aromatic rings. The molecule has 112 valence electrons. The lowest BCUT2D eigenvalue weighted by Gasteiger charge is -2.06. The van der Waals surface area contributed by atoms with Gasteiger partial charge in [0.05, 0.1) is 0 Å². The first kappa shape index (κ1) is 13.2.